The maximum absolute atomic E-state index is 11.6. The highest BCUT2D eigenvalue weighted by molar-refractivity contribution is 5.10. The molecule has 0 saturated heterocycles. The summed E-state index contributed by atoms with van der Waals surface area (Å²) in [5, 5.41) is 9.04. The highest BCUT2D eigenvalue weighted by Gasteiger charge is 2.29. The first-order valence-electron chi connectivity index (χ1n) is 5.25. The standard InChI is InChI=1S/C10H13N3O5/c1-5-3-13(10(16)12-9(5)15)8-2-6(18-11)7(4-14)17-8/h3,8,14H,2,4,11H2,1H3,(H,12,15,16)/t8-/m1/s1. The minimum absolute atomic E-state index is 0.179. The van der Waals surface area contributed by atoms with Crippen LogP contribution in [0.2, 0.25) is 0 Å². The minimum atomic E-state index is -0.686. The Hall–Kier alpha value is -2.06. The first-order chi connectivity index (χ1) is 8.56. The Morgan fingerprint density at radius 2 is 2.39 bits per heavy atom. The van der Waals surface area contributed by atoms with Gasteiger partial charge in [0.15, 0.2) is 17.7 Å². The Kier molecular flexibility index (Phi) is 3.21. The number of rotatable bonds is 3. The van der Waals surface area contributed by atoms with Gasteiger partial charge >= 0.3 is 5.69 Å². The Balaban J connectivity index is 2.34. The van der Waals surface area contributed by atoms with Gasteiger partial charge in [-0.3, -0.25) is 14.3 Å². The van der Waals surface area contributed by atoms with Gasteiger partial charge < -0.3 is 14.7 Å². The summed E-state index contributed by atoms with van der Waals surface area (Å²) in [5.74, 6) is 5.49. The van der Waals surface area contributed by atoms with Crippen molar-refractivity contribution in [1.29, 1.82) is 0 Å². The summed E-state index contributed by atoms with van der Waals surface area (Å²) in [4.78, 5) is 29.6. The smallest absolute Gasteiger partial charge is 0.331 e. The van der Waals surface area contributed by atoms with Crippen molar-refractivity contribution in [1.82, 2.24) is 9.55 Å². The quantitative estimate of drug-likeness (QED) is 0.587. The zero-order valence-electron chi connectivity index (χ0n) is 9.67. The summed E-state index contributed by atoms with van der Waals surface area (Å²) < 4.78 is 6.56. The molecule has 0 aliphatic carbocycles. The van der Waals surface area contributed by atoms with Crippen LogP contribution in [0.25, 0.3) is 0 Å². The van der Waals surface area contributed by atoms with E-state index in [1.54, 1.807) is 6.92 Å². The lowest BCUT2D eigenvalue weighted by atomic mass is 10.3. The second-order valence-electron chi connectivity index (χ2n) is 3.88. The second-order valence-corrected chi connectivity index (χ2v) is 3.88. The van der Waals surface area contributed by atoms with E-state index in [0.717, 1.165) is 0 Å². The molecule has 0 fully saturated rings. The molecular weight excluding hydrogens is 242 g/mol. The number of aromatic nitrogens is 2. The van der Waals surface area contributed by atoms with Crippen molar-refractivity contribution in [2.24, 2.45) is 5.90 Å². The van der Waals surface area contributed by atoms with Crippen LogP contribution in [0.5, 0.6) is 0 Å². The van der Waals surface area contributed by atoms with Gasteiger partial charge in [0.05, 0.1) is 6.42 Å². The third-order valence-electron chi connectivity index (χ3n) is 2.69. The molecule has 0 radical (unpaired) electrons. The molecule has 98 valence electrons. The molecule has 2 heterocycles. The maximum Gasteiger partial charge on any atom is 0.331 e. The number of aryl methyl sites for hydroxylation is 1. The molecule has 0 aromatic carbocycles. The lowest BCUT2D eigenvalue weighted by Gasteiger charge is -2.14. The van der Waals surface area contributed by atoms with Crippen LogP contribution < -0.4 is 17.1 Å². The van der Waals surface area contributed by atoms with E-state index in [0.29, 0.717) is 5.56 Å². The number of aliphatic hydroxyl groups excluding tert-OH is 1. The molecule has 0 bridgehead atoms. The number of nitrogens with zero attached hydrogens (tertiary/aromatic N) is 1. The number of nitrogens with two attached hydrogens (primary N) is 1. The van der Waals surface area contributed by atoms with Gasteiger partial charge in [0, 0.05) is 11.8 Å². The average molecular weight is 255 g/mol. The van der Waals surface area contributed by atoms with E-state index in [-0.39, 0.29) is 24.5 Å². The molecule has 2 rings (SSSR count). The number of hydrogen-bond donors (Lipinski definition) is 3. The summed E-state index contributed by atoms with van der Waals surface area (Å²) in [6.07, 6.45) is 0.909. The van der Waals surface area contributed by atoms with Crippen molar-refractivity contribution in [3.05, 3.63) is 44.1 Å². The Bertz CT molecular complexity index is 584. The molecule has 0 amide bonds. The van der Waals surface area contributed by atoms with Gasteiger partial charge in [-0.2, -0.15) is 5.90 Å². The first kappa shape index (κ1) is 12.4. The van der Waals surface area contributed by atoms with Crippen LogP contribution in [-0.4, -0.2) is 21.3 Å². The van der Waals surface area contributed by atoms with Crippen molar-refractivity contribution < 1.29 is 14.7 Å². The van der Waals surface area contributed by atoms with Crippen molar-refractivity contribution in [3.8, 4) is 0 Å². The molecule has 1 aromatic heterocycles. The zero-order chi connectivity index (χ0) is 13.3. The molecule has 1 aliphatic rings. The topological polar surface area (TPSA) is 120 Å². The normalized spacial score (nSPS) is 18.9. The molecule has 1 atom stereocenters. The largest absolute Gasteiger partial charge is 0.468 e. The SMILES string of the molecule is Cc1cn([C@H]2CC(ON)=C(CO)O2)c(=O)[nH]c1=O. The third kappa shape index (κ3) is 2.03. The van der Waals surface area contributed by atoms with Crippen LogP contribution in [0.15, 0.2) is 27.3 Å². The maximum atomic E-state index is 11.6. The summed E-state index contributed by atoms with van der Waals surface area (Å²) in [5.41, 5.74) is -0.656. The van der Waals surface area contributed by atoms with Crippen molar-refractivity contribution in [3.63, 3.8) is 0 Å². The van der Waals surface area contributed by atoms with Crippen LogP contribution in [0.1, 0.15) is 18.2 Å². The van der Waals surface area contributed by atoms with E-state index in [2.05, 4.69) is 9.82 Å². The molecule has 18 heavy (non-hydrogen) atoms. The fraction of sp³-hybridized carbons (Fsp3) is 0.400. The summed E-state index contributed by atoms with van der Waals surface area (Å²) in [7, 11) is 0. The van der Waals surface area contributed by atoms with Gasteiger partial charge in [0.25, 0.3) is 5.56 Å². The zero-order valence-corrected chi connectivity index (χ0v) is 9.67. The Morgan fingerprint density at radius 3 is 2.94 bits per heavy atom. The predicted molar refractivity (Wildman–Crippen MR) is 60.2 cm³/mol. The Morgan fingerprint density at radius 1 is 1.67 bits per heavy atom. The van der Waals surface area contributed by atoms with Crippen LogP contribution in [0.4, 0.5) is 0 Å². The molecule has 0 spiro atoms. The number of aliphatic hydroxyl groups is 1. The van der Waals surface area contributed by atoms with E-state index in [1.165, 1.54) is 10.8 Å². The number of nitrogens with one attached hydrogen (secondary N) is 1. The van der Waals surface area contributed by atoms with Gasteiger partial charge in [0.1, 0.15) is 6.61 Å². The van der Waals surface area contributed by atoms with Gasteiger partial charge in [-0.25, -0.2) is 4.79 Å². The molecule has 1 aliphatic heterocycles. The molecule has 8 heteroatoms. The lowest BCUT2D eigenvalue weighted by Crippen LogP contribution is -2.33. The molecule has 1 aromatic rings. The molecule has 8 nitrogen and oxygen atoms in total. The highest BCUT2D eigenvalue weighted by Crippen LogP contribution is 2.30. The number of aromatic amines is 1. The van der Waals surface area contributed by atoms with Crippen molar-refractivity contribution in [2.75, 3.05) is 6.61 Å². The number of ether oxygens (including phenoxy) is 1. The van der Waals surface area contributed by atoms with Crippen LogP contribution >= 0.6 is 0 Å². The van der Waals surface area contributed by atoms with E-state index < -0.39 is 17.5 Å². The Labute approximate surface area is 101 Å². The fourth-order valence-corrected chi connectivity index (χ4v) is 1.74. The van der Waals surface area contributed by atoms with E-state index in [9.17, 15) is 9.59 Å². The predicted octanol–water partition coefficient (Wildman–Crippen LogP) is -1.14. The third-order valence-corrected chi connectivity index (χ3v) is 2.69. The fourth-order valence-electron chi connectivity index (χ4n) is 1.74. The molecular formula is C10H13N3O5. The summed E-state index contributed by atoms with van der Waals surface area (Å²) in [6, 6.07) is 0. The average Bonchev–Trinajstić information content (AvgIpc) is 2.76. The molecule has 4 N–H and O–H groups in total. The van der Waals surface area contributed by atoms with Crippen molar-refractivity contribution >= 4 is 0 Å². The summed E-state index contributed by atoms with van der Waals surface area (Å²) >= 11 is 0. The number of hydrogen-bond acceptors (Lipinski definition) is 6. The van der Waals surface area contributed by atoms with E-state index in [1.807, 2.05) is 0 Å². The molecule has 0 saturated carbocycles. The lowest BCUT2D eigenvalue weighted by molar-refractivity contribution is 0.0589. The highest BCUT2D eigenvalue weighted by atomic mass is 16.6. The van der Waals surface area contributed by atoms with Crippen LogP contribution in [0, 0.1) is 6.92 Å². The van der Waals surface area contributed by atoms with Crippen LogP contribution in [-0.2, 0) is 9.57 Å². The van der Waals surface area contributed by atoms with E-state index in [4.69, 9.17) is 15.7 Å². The monoisotopic (exact) mass is 255 g/mol. The van der Waals surface area contributed by atoms with Gasteiger partial charge in [-0.15, -0.1) is 0 Å². The second kappa shape index (κ2) is 4.67. The van der Waals surface area contributed by atoms with Crippen molar-refractivity contribution in [2.45, 2.75) is 19.6 Å². The molecule has 0 unspecified atom stereocenters. The number of H-pyrrole nitrogens is 1. The van der Waals surface area contributed by atoms with Crippen LogP contribution in [0.3, 0.4) is 0 Å². The first-order valence-corrected chi connectivity index (χ1v) is 5.25. The van der Waals surface area contributed by atoms with Gasteiger partial charge in [-0.1, -0.05) is 0 Å². The van der Waals surface area contributed by atoms with Gasteiger partial charge in [0.2, 0.25) is 0 Å². The summed E-state index contributed by atoms with van der Waals surface area (Å²) in [6.45, 7) is 1.20. The van der Waals surface area contributed by atoms with Gasteiger partial charge in [-0.05, 0) is 6.92 Å². The minimum Gasteiger partial charge on any atom is -0.468 e. The van der Waals surface area contributed by atoms with E-state index >= 15 is 0 Å².